The van der Waals surface area contributed by atoms with Crippen LogP contribution in [0.15, 0.2) is 5.16 Å². The topological polar surface area (TPSA) is 82.2 Å². The fourth-order valence-electron chi connectivity index (χ4n) is 2.03. The summed E-state index contributed by atoms with van der Waals surface area (Å²) in [6.45, 7) is 0.193. The Labute approximate surface area is 95.7 Å². The van der Waals surface area contributed by atoms with Crippen LogP contribution in [0.25, 0.3) is 0 Å². The Balaban J connectivity index is 2.71. The largest absolute Gasteiger partial charge is 0.409 e. The lowest BCUT2D eigenvalue weighted by Crippen LogP contribution is -2.48. The molecule has 0 heterocycles. The van der Waals surface area contributed by atoms with E-state index in [0.29, 0.717) is 0 Å². The lowest BCUT2D eigenvalue weighted by Gasteiger charge is -2.30. The molecule has 0 unspecified atom stereocenters. The molecule has 0 spiro atoms. The number of carbonyl (C=O) groups is 1. The summed E-state index contributed by atoms with van der Waals surface area (Å²) < 4.78 is 0. The molecule has 1 fully saturated rings. The maximum atomic E-state index is 11.9. The molecule has 1 saturated carbocycles. The first kappa shape index (κ1) is 12.6. The van der Waals surface area contributed by atoms with Gasteiger partial charge in [0.15, 0.2) is 5.84 Å². The first-order chi connectivity index (χ1) is 7.56. The number of oxime groups is 1. The number of hydrogen-bond donors (Lipinski definition) is 2. The van der Waals surface area contributed by atoms with E-state index in [-0.39, 0.29) is 24.5 Å². The Morgan fingerprint density at radius 1 is 1.44 bits per heavy atom. The van der Waals surface area contributed by atoms with Crippen LogP contribution in [0.5, 0.6) is 0 Å². The lowest BCUT2D eigenvalue weighted by atomic mass is 10.2. The Bertz CT molecular complexity index is 272. The Hall–Kier alpha value is -1.46. The van der Waals surface area contributed by atoms with Gasteiger partial charge in [0.05, 0.1) is 6.54 Å². The van der Waals surface area contributed by atoms with Crippen LogP contribution >= 0.6 is 0 Å². The second kappa shape index (κ2) is 5.58. The second-order valence-electron chi connectivity index (χ2n) is 4.33. The smallest absolute Gasteiger partial charge is 0.320 e. The van der Waals surface area contributed by atoms with Crippen molar-refractivity contribution in [2.75, 3.05) is 20.6 Å². The maximum absolute atomic E-state index is 11.9. The summed E-state index contributed by atoms with van der Waals surface area (Å²) >= 11 is 0. The summed E-state index contributed by atoms with van der Waals surface area (Å²) in [5, 5.41) is 11.5. The van der Waals surface area contributed by atoms with E-state index < -0.39 is 0 Å². The quantitative estimate of drug-likeness (QED) is 0.322. The molecule has 0 aromatic rings. The van der Waals surface area contributed by atoms with Gasteiger partial charge in [-0.15, -0.1) is 0 Å². The fraction of sp³-hybridized carbons (Fsp3) is 0.800. The van der Waals surface area contributed by atoms with Gasteiger partial charge >= 0.3 is 6.03 Å². The minimum absolute atomic E-state index is 0.0714. The van der Waals surface area contributed by atoms with E-state index in [1.807, 2.05) is 0 Å². The van der Waals surface area contributed by atoms with Crippen LogP contribution in [0, 0.1) is 0 Å². The standard InChI is InChI=1S/C10H20N4O2/c1-13(2)10(15)14(7-9(11)12-16)8-5-3-4-6-8/h8,16H,3-7H2,1-2H3,(H2,11,12). The highest BCUT2D eigenvalue weighted by atomic mass is 16.4. The summed E-state index contributed by atoms with van der Waals surface area (Å²) in [6, 6.07) is 0.133. The van der Waals surface area contributed by atoms with Crippen molar-refractivity contribution < 1.29 is 10.0 Å². The summed E-state index contributed by atoms with van der Waals surface area (Å²) in [5.74, 6) is 0.0714. The third-order valence-electron chi connectivity index (χ3n) is 2.85. The lowest BCUT2D eigenvalue weighted by molar-refractivity contribution is 0.158. The molecule has 0 aromatic carbocycles. The average molecular weight is 228 g/mol. The Morgan fingerprint density at radius 3 is 2.44 bits per heavy atom. The molecule has 0 bridgehead atoms. The van der Waals surface area contributed by atoms with Gasteiger partial charge in [-0.1, -0.05) is 18.0 Å². The number of amidine groups is 1. The molecule has 1 rings (SSSR count). The highest BCUT2D eigenvalue weighted by molar-refractivity contribution is 5.86. The van der Waals surface area contributed by atoms with Gasteiger partial charge in [0, 0.05) is 20.1 Å². The SMILES string of the molecule is CN(C)C(=O)N(CC(N)=NO)C1CCCC1. The van der Waals surface area contributed by atoms with E-state index in [4.69, 9.17) is 10.9 Å². The van der Waals surface area contributed by atoms with E-state index in [2.05, 4.69) is 5.16 Å². The molecule has 0 aliphatic heterocycles. The molecular formula is C10H20N4O2. The first-order valence-electron chi connectivity index (χ1n) is 5.50. The summed E-state index contributed by atoms with van der Waals surface area (Å²) in [4.78, 5) is 15.1. The molecule has 2 amide bonds. The molecule has 6 nitrogen and oxygen atoms in total. The van der Waals surface area contributed by atoms with E-state index in [0.717, 1.165) is 25.7 Å². The maximum Gasteiger partial charge on any atom is 0.320 e. The predicted octanol–water partition coefficient (Wildman–Crippen LogP) is 0.659. The Kier molecular flexibility index (Phi) is 4.39. The molecule has 0 aromatic heterocycles. The normalized spacial score (nSPS) is 17.5. The van der Waals surface area contributed by atoms with Crippen molar-refractivity contribution in [2.24, 2.45) is 10.9 Å². The van der Waals surface area contributed by atoms with Crippen LogP contribution in [0.4, 0.5) is 4.79 Å². The van der Waals surface area contributed by atoms with Gasteiger partial charge in [-0.05, 0) is 12.8 Å². The van der Waals surface area contributed by atoms with Crippen molar-refractivity contribution in [2.45, 2.75) is 31.7 Å². The van der Waals surface area contributed by atoms with Gasteiger partial charge in [-0.25, -0.2) is 4.79 Å². The molecule has 0 atom stereocenters. The third kappa shape index (κ3) is 3.01. The van der Waals surface area contributed by atoms with Crippen LogP contribution in [-0.4, -0.2) is 53.6 Å². The molecule has 1 aliphatic rings. The monoisotopic (exact) mass is 228 g/mol. The number of urea groups is 1. The van der Waals surface area contributed by atoms with Crippen molar-refractivity contribution >= 4 is 11.9 Å². The average Bonchev–Trinajstić information content (AvgIpc) is 2.77. The van der Waals surface area contributed by atoms with E-state index in [9.17, 15) is 4.79 Å². The summed E-state index contributed by atoms with van der Waals surface area (Å²) in [5.41, 5.74) is 5.47. The van der Waals surface area contributed by atoms with Gasteiger partial charge in [-0.3, -0.25) is 0 Å². The zero-order valence-electron chi connectivity index (χ0n) is 9.89. The number of nitrogens with zero attached hydrogens (tertiary/aromatic N) is 3. The van der Waals surface area contributed by atoms with Gasteiger partial charge in [-0.2, -0.15) is 0 Å². The van der Waals surface area contributed by atoms with Crippen LogP contribution in [0.1, 0.15) is 25.7 Å². The zero-order valence-corrected chi connectivity index (χ0v) is 9.89. The third-order valence-corrected chi connectivity index (χ3v) is 2.85. The molecule has 3 N–H and O–H groups in total. The van der Waals surface area contributed by atoms with Crippen LogP contribution in [-0.2, 0) is 0 Å². The summed E-state index contributed by atoms with van der Waals surface area (Å²) in [6.07, 6.45) is 4.27. The van der Waals surface area contributed by atoms with E-state index in [1.165, 1.54) is 4.90 Å². The predicted molar refractivity (Wildman–Crippen MR) is 61.5 cm³/mol. The molecule has 0 radical (unpaired) electrons. The number of rotatable bonds is 3. The highest BCUT2D eigenvalue weighted by Gasteiger charge is 2.28. The van der Waals surface area contributed by atoms with E-state index >= 15 is 0 Å². The highest BCUT2D eigenvalue weighted by Crippen LogP contribution is 2.23. The number of nitrogens with two attached hydrogens (primary N) is 1. The second-order valence-corrected chi connectivity index (χ2v) is 4.33. The molecule has 0 saturated heterocycles. The molecular weight excluding hydrogens is 208 g/mol. The van der Waals surface area contributed by atoms with Crippen molar-refractivity contribution in [1.82, 2.24) is 9.80 Å². The zero-order chi connectivity index (χ0) is 12.1. The molecule has 6 heteroatoms. The fourth-order valence-corrected chi connectivity index (χ4v) is 2.03. The molecule has 1 aliphatic carbocycles. The van der Waals surface area contributed by atoms with Gasteiger partial charge < -0.3 is 20.7 Å². The van der Waals surface area contributed by atoms with Crippen molar-refractivity contribution in [1.29, 1.82) is 0 Å². The van der Waals surface area contributed by atoms with Crippen molar-refractivity contribution in [3.63, 3.8) is 0 Å². The van der Waals surface area contributed by atoms with Crippen LogP contribution < -0.4 is 5.73 Å². The summed E-state index contributed by atoms with van der Waals surface area (Å²) in [7, 11) is 3.41. The van der Waals surface area contributed by atoms with Crippen molar-refractivity contribution in [3.8, 4) is 0 Å². The molecule has 16 heavy (non-hydrogen) atoms. The number of hydrogen-bond acceptors (Lipinski definition) is 3. The first-order valence-corrected chi connectivity index (χ1v) is 5.50. The number of amides is 2. The Morgan fingerprint density at radius 2 is 2.00 bits per heavy atom. The van der Waals surface area contributed by atoms with Crippen molar-refractivity contribution in [3.05, 3.63) is 0 Å². The van der Waals surface area contributed by atoms with Gasteiger partial charge in [0.1, 0.15) is 0 Å². The van der Waals surface area contributed by atoms with Gasteiger partial charge in [0.2, 0.25) is 0 Å². The minimum atomic E-state index is -0.0847. The molecule has 92 valence electrons. The van der Waals surface area contributed by atoms with Crippen LogP contribution in [0.2, 0.25) is 0 Å². The minimum Gasteiger partial charge on any atom is -0.409 e. The van der Waals surface area contributed by atoms with Crippen LogP contribution in [0.3, 0.4) is 0 Å². The van der Waals surface area contributed by atoms with E-state index in [1.54, 1.807) is 19.0 Å². The van der Waals surface area contributed by atoms with Gasteiger partial charge in [0.25, 0.3) is 0 Å². The number of carbonyl (C=O) groups excluding carboxylic acids is 1.